The highest BCUT2D eigenvalue weighted by atomic mass is 15.3. The molecule has 5 heteroatoms. The number of aromatic nitrogens is 3. The van der Waals surface area contributed by atoms with E-state index in [9.17, 15) is 0 Å². The molecule has 108 valence electrons. The summed E-state index contributed by atoms with van der Waals surface area (Å²) in [7, 11) is 0. The van der Waals surface area contributed by atoms with E-state index in [1.165, 1.54) is 19.4 Å². The number of rotatable bonds is 6. The predicted molar refractivity (Wildman–Crippen MR) is 76.8 cm³/mol. The molecule has 2 unspecified atom stereocenters. The molecule has 1 aliphatic rings. The summed E-state index contributed by atoms with van der Waals surface area (Å²) in [6, 6.07) is 0.690. The van der Waals surface area contributed by atoms with Crippen LogP contribution in [-0.4, -0.2) is 45.3 Å². The largest absolute Gasteiger partial charge is 0.314 e. The van der Waals surface area contributed by atoms with E-state index in [4.69, 9.17) is 0 Å². The van der Waals surface area contributed by atoms with Crippen LogP contribution in [0, 0.1) is 5.92 Å². The summed E-state index contributed by atoms with van der Waals surface area (Å²) in [5.74, 6) is 1.85. The van der Waals surface area contributed by atoms with Gasteiger partial charge in [-0.25, -0.2) is 9.67 Å². The van der Waals surface area contributed by atoms with Crippen LogP contribution in [0.4, 0.5) is 0 Å². The predicted octanol–water partition coefficient (Wildman–Crippen LogP) is 1.51. The lowest BCUT2D eigenvalue weighted by Gasteiger charge is -2.38. The van der Waals surface area contributed by atoms with Crippen molar-refractivity contribution in [2.75, 3.05) is 19.6 Å². The van der Waals surface area contributed by atoms with E-state index < -0.39 is 0 Å². The number of nitrogens with zero attached hydrogens (tertiary/aromatic N) is 4. The van der Waals surface area contributed by atoms with Crippen LogP contribution in [0.3, 0.4) is 0 Å². The van der Waals surface area contributed by atoms with Gasteiger partial charge in [-0.1, -0.05) is 20.3 Å². The molecule has 0 radical (unpaired) electrons. The van der Waals surface area contributed by atoms with Crippen molar-refractivity contribution in [1.82, 2.24) is 25.0 Å². The third-order valence-corrected chi connectivity index (χ3v) is 4.17. The molecule has 2 rings (SSSR count). The second kappa shape index (κ2) is 7.01. The second-order valence-electron chi connectivity index (χ2n) is 5.35. The summed E-state index contributed by atoms with van der Waals surface area (Å²) < 4.78 is 2.00. The Morgan fingerprint density at radius 2 is 2.21 bits per heavy atom. The van der Waals surface area contributed by atoms with E-state index in [0.717, 1.165) is 37.9 Å². The minimum Gasteiger partial charge on any atom is -0.314 e. The van der Waals surface area contributed by atoms with Crippen LogP contribution >= 0.6 is 0 Å². The van der Waals surface area contributed by atoms with E-state index in [2.05, 4.69) is 41.1 Å². The summed E-state index contributed by atoms with van der Waals surface area (Å²) in [6.45, 7) is 11.9. The van der Waals surface area contributed by atoms with Crippen LogP contribution < -0.4 is 5.32 Å². The van der Waals surface area contributed by atoms with Gasteiger partial charge in [0.05, 0.1) is 6.54 Å². The first-order valence-electron chi connectivity index (χ1n) is 7.60. The van der Waals surface area contributed by atoms with Crippen molar-refractivity contribution >= 4 is 0 Å². The Bertz CT molecular complexity index is 376. The average Bonchev–Trinajstić information content (AvgIpc) is 2.88. The number of hydrogen-bond acceptors (Lipinski definition) is 4. The van der Waals surface area contributed by atoms with E-state index in [-0.39, 0.29) is 0 Å². The van der Waals surface area contributed by atoms with Crippen molar-refractivity contribution < 1.29 is 0 Å². The standard InChI is InChI=1S/C14H27N5/c1-4-12-9-18(8-7-13(12)15-5-2)10-14-16-11-17-19(14)6-3/h11-13,15H,4-10H2,1-3H3. The van der Waals surface area contributed by atoms with Gasteiger partial charge in [-0.15, -0.1) is 0 Å². The van der Waals surface area contributed by atoms with Crippen LogP contribution in [0.2, 0.25) is 0 Å². The van der Waals surface area contributed by atoms with Gasteiger partial charge in [0, 0.05) is 25.7 Å². The summed E-state index contributed by atoms with van der Waals surface area (Å²) in [4.78, 5) is 6.91. The molecule has 1 saturated heterocycles. The van der Waals surface area contributed by atoms with Crippen LogP contribution in [-0.2, 0) is 13.1 Å². The first-order chi connectivity index (χ1) is 9.28. The Morgan fingerprint density at radius 1 is 1.37 bits per heavy atom. The van der Waals surface area contributed by atoms with Crippen LogP contribution in [0.5, 0.6) is 0 Å². The third kappa shape index (κ3) is 3.54. The molecule has 19 heavy (non-hydrogen) atoms. The van der Waals surface area contributed by atoms with Crippen molar-refractivity contribution in [3.8, 4) is 0 Å². The highest BCUT2D eigenvalue weighted by Crippen LogP contribution is 2.21. The third-order valence-electron chi connectivity index (χ3n) is 4.17. The maximum absolute atomic E-state index is 4.38. The molecule has 0 bridgehead atoms. The molecule has 5 nitrogen and oxygen atoms in total. The Labute approximate surface area is 116 Å². The lowest BCUT2D eigenvalue weighted by atomic mass is 9.90. The minimum absolute atomic E-state index is 0.690. The highest BCUT2D eigenvalue weighted by Gasteiger charge is 2.27. The molecule has 2 heterocycles. The molecule has 1 N–H and O–H groups in total. The molecule has 1 aromatic rings. The fourth-order valence-corrected chi connectivity index (χ4v) is 3.07. The molecule has 0 saturated carbocycles. The van der Waals surface area contributed by atoms with E-state index in [1.54, 1.807) is 6.33 Å². The summed E-state index contributed by atoms with van der Waals surface area (Å²) in [5.41, 5.74) is 0. The molecular weight excluding hydrogens is 238 g/mol. The molecular formula is C14H27N5. The monoisotopic (exact) mass is 265 g/mol. The van der Waals surface area contributed by atoms with Crippen molar-refractivity contribution in [2.24, 2.45) is 5.92 Å². The first-order valence-corrected chi connectivity index (χ1v) is 7.60. The Hall–Kier alpha value is -0.940. The van der Waals surface area contributed by atoms with Crippen molar-refractivity contribution in [1.29, 1.82) is 0 Å². The Morgan fingerprint density at radius 3 is 2.89 bits per heavy atom. The van der Waals surface area contributed by atoms with Crippen LogP contribution in [0.15, 0.2) is 6.33 Å². The Balaban J connectivity index is 1.93. The second-order valence-corrected chi connectivity index (χ2v) is 5.35. The van der Waals surface area contributed by atoms with Gasteiger partial charge in [0.1, 0.15) is 12.2 Å². The molecule has 0 aliphatic carbocycles. The quantitative estimate of drug-likeness (QED) is 0.847. The van der Waals surface area contributed by atoms with Gasteiger partial charge in [-0.2, -0.15) is 5.10 Å². The van der Waals surface area contributed by atoms with Gasteiger partial charge in [-0.3, -0.25) is 4.90 Å². The molecule has 1 fully saturated rings. The zero-order chi connectivity index (χ0) is 13.7. The van der Waals surface area contributed by atoms with Gasteiger partial charge >= 0.3 is 0 Å². The first kappa shape index (κ1) is 14.5. The normalized spacial score (nSPS) is 24.8. The van der Waals surface area contributed by atoms with E-state index in [1.807, 2.05) is 4.68 Å². The van der Waals surface area contributed by atoms with Gasteiger partial charge < -0.3 is 5.32 Å². The van der Waals surface area contributed by atoms with Gasteiger partial charge in [-0.05, 0) is 25.8 Å². The van der Waals surface area contributed by atoms with Crippen LogP contribution in [0.25, 0.3) is 0 Å². The fraction of sp³-hybridized carbons (Fsp3) is 0.857. The number of hydrogen-bond donors (Lipinski definition) is 1. The van der Waals surface area contributed by atoms with Gasteiger partial charge in [0.2, 0.25) is 0 Å². The molecule has 0 aromatic carbocycles. The van der Waals surface area contributed by atoms with Crippen LogP contribution in [0.1, 0.15) is 39.4 Å². The smallest absolute Gasteiger partial charge is 0.140 e. The molecule has 0 spiro atoms. The van der Waals surface area contributed by atoms with Gasteiger partial charge in [0.15, 0.2) is 0 Å². The molecule has 2 atom stereocenters. The summed E-state index contributed by atoms with van der Waals surface area (Å²) in [6.07, 6.45) is 4.16. The van der Waals surface area contributed by atoms with Crippen molar-refractivity contribution in [3.05, 3.63) is 12.2 Å². The van der Waals surface area contributed by atoms with Crippen molar-refractivity contribution in [3.63, 3.8) is 0 Å². The highest BCUT2D eigenvalue weighted by molar-refractivity contribution is 4.89. The number of aryl methyl sites for hydroxylation is 1. The molecule has 1 aromatic heterocycles. The van der Waals surface area contributed by atoms with E-state index >= 15 is 0 Å². The zero-order valence-corrected chi connectivity index (χ0v) is 12.5. The minimum atomic E-state index is 0.690. The molecule has 0 amide bonds. The van der Waals surface area contributed by atoms with Crippen molar-refractivity contribution in [2.45, 2.75) is 52.7 Å². The SMILES string of the molecule is CCNC1CCN(Cc2ncnn2CC)CC1CC. The average molecular weight is 265 g/mol. The lowest BCUT2D eigenvalue weighted by molar-refractivity contribution is 0.125. The van der Waals surface area contributed by atoms with Gasteiger partial charge in [0.25, 0.3) is 0 Å². The summed E-state index contributed by atoms with van der Waals surface area (Å²) >= 11 is 0. The Kier molecular flexibility index (Phi) is 5.34. The number of piperidine rings is 1. The number of nitrogens with one attached hydrogen (secondary N) is 1. The maximum atomic E-state index is 4.38. The lowest BCUT2D eigenvalue weighted by Crippen LogP contribution is -2.49. The number of likely N-dealkylation sites (tertiary alicyclic amines) is 1. The topological polar surface area (TPSA) is 46.0 Å². The zero-order valence-electron chi connectivity index (χ0n) is 12.5. The summed E-state index contributed by atoms with van der Waals surface area (Å²) in [5, 5.41) is 7.88. The maximum Gasteiger partial charge on any atom is 0.140 e. The fourth-order valence-electron chi connectivity index (χ4n) is 3.07. The van der Waals surface area contributed by atoms with E-state index in [0.29, 0.717) is 6.04 Å². The molecule has 1 aliphatic heterocycles.